The first kappa shape index (κ1) is 26.2. The predicted molar refractivity (Wildman–Crippen MR) is 150 cm³/mol. The Labute approximate surface area is 225 Å². The third kappa shape index (κ3) is 3.97. The summed E-state index contributed by atoms with van der Waals surface area (Å²) in [6.07, 6.45) is 0. The van der Waals surface area contributed by atoms with Gasteiger partial charge in [0.2, 0.25) is 0 Å². The van der Waals surface area contributed by atoms with Crippen molar-refractivity contribution in [2.75, 3.05) is 0 Å². The summed E-state index contributed by atoms with van der Waals surface area (Å²) in [5, 5.41) is 0. The van der Waals surface area contributed by atoms with E-state index in [0.717, 1.165) is 40.0 Å². The molecular formula is C34H36F2N2. The zero-order valence-electron chi connectivity index (χ0n) is 23.6. The molecule has 0 fully saturated rings. The van der Waals surface area contributed by atoms with Crippen LogP contribution in [0.2, 0.25) is 0 Å². The fourth-order valence-electron chi connectivity index (χ4n) is 5.64. The van der Waals surface area contributed by atoms with Crippen LogP contribution in [-0.4, -0.2) is 9.97 Å². The largest absolute Gasteiger partial charge is 0.256 e. The van der Waals surface area contributed by atoms with Crippen LogP contribution >= 0.6 is 0 Å². The van der Waals surface area contributed by atoms with Gasteiger partial charge in [0.05, 0.1) is 22.8 Å². The number of halogens is 2. The van der Waals surface area contributed by atoms with Crippen molar-refractivity contribution in [2.24, 2.45) is 0 Å². The number of hydrogen-bond donors (Lipinski definition) is 0. The standard InChI is InChI=1S/C34H36F2N2/c1-31(2)21-12-9-13-22(18-21)32(3,4)27-14-10-16-29(37-27)34(7,8)30-17-11-15-28(38-30)33(5,6)24-19-23(31)25(35)20-26(24)36/h9-20H,1-8H3. The second-order valence-electron chi connectivity index (χ2n) is 12.7. The topological polar surface area (TPSA) is 25.8 Å². The van der Waals surface area contributed by atoms with E-state index < -0.39 is 33.3 Å². The average Bonchev–Trinajstić information content (AvgIpc) is 2.88. The lowest BCUT2D eigenvalue weighted by atomic mass is 9.72. The summed E-state index contributed by atoms with van der Waals surface area (Å²) >= 11 is 0. The normalized spacial score (nSPS) is 18.6. The number of fused-ring (bicyclic) bond motifs is 8. The third-order valence-electron chi connectivity index (χ3n) is 8.77. The zero-order chi connectivity index (χ0) is 27.7. The maximum absolute atomic E-state index is 15.5. The van der Waals surface area contributed by atoms with Gasteiger partial charge < -0.3 is 0 Å². The van der Waals surface area contributed by atoms with E-state index in [9.17, 15) is 0 Å². The highest BCUT2D eigenvalue weighted by Gasteiger charge is 2.36. The third-order valence-corrected chi connectivity index (χ3v) is 8.77. The van der Waals surface area contributed by atoms with E-state index in [-0.39, 0.29) is 0 Å². The van der Waals surface area contributed by atoms with Crippen molar-refractivity contribution in [3.8, 4) is 0 Å². The van der Waals surface area contributed by atoms with Gasteiger partial charge in [-0.05, 0) is 66.4 Å². The van der Waals surface area contributed by atoms with Gasteiger partial charge in [-0.15, -0.1) is 0 Å². The van der Waals surface area contributed by atoms with Gasteiger partial charge >= 0.3 is 0 Å². The maximum atomic E-state index is 15.5. The molecule has 2 aromatic heterocycles. The summed E-state index contributed by atoms with van der Waals surface area (Å²) in [4.78, 5) is 10.3. The van der Waals surface area contributed by atoms with Gasteiger partial charge in [-0.1, -0.05) is 77.9 Å². The molecule has 8 bridgehead atoms. The molecule has 0 aliphatic carbocycles. The summed E-state index contributed by atoms with van der Waals surface area (Å²) in [5.41, 5.74) is 3.97. The minimum Gasteiger partial charge on any atom is -0.256 e. The first-order chi connectivity index (χ1) is 17.7. The van der Waals surface area contributed by atoms with Crippen LogP contribution in [0.25, 0.3) is 0 Å². The number of benzene rings is 2. The SMILES string of the molecule is CC1(C)c2cccc(c2)C(C)(C)c2cc(c(F)cc2F)C(C)(C)c2cccc(n2)C(C)(C)c2cccc1n2. The summed E-state index contributed by atoms with van der Waals surface area (Å²) < 4.78 is 31.0. The predicted octanol–water partition coefficient (Wildman–Crippen LogP) is 8.37. The molecule has 0 radical (unpaired) electrons. The molecule has 5 rings (SSSR count). The quantitative estimate of drug-likeness (QED) is 0.237. The summed E-state index contributed by atoms with van der Waals surface area (Å²) in [5.74, 6) is -1.11. The van der Waals surface area contributed by atoms with Crippen LogP contribution in [0.15, 0.2) is 72.8 Å². The van der Waals surface area contributed by atoms with Crippen LogP contribution < -0.4 is 0 Å². The Morgan fingerprint density at radius 1 is 0.447 bits per heavy atom. The first-order valence-electron chi connectivity index (χ1n) is 13.2. The van der Waals surface area contributed by atoms with E-state index in [4.69, 9.17) is 9.97 Å². The molecule has 2 aromatic carbocycles. The first-order valence-corrected chi connectivity index (χ1v) is 13.2. The highest BCUT2D eigenvalue weighted by Crippen LogP contribution is 2.42. The minimum atomic E-state index is -0.801. The number of hydrogen-bond acceptors (Lipinski definition) is 2. The number of pyridine rings is 2. The molecule has 196 valence electrons. The molecule has 38 heavy (non-hydrogen) atoms. The molecule has 1 aliphatic heterocycles. The molecule has 0 N–H and O–H groups in total. The molecule has 0 atom stereocenters. The number of aromatic nitrogens is 2. The van der Waals surface area contributed by atoms with Gasteiger partial charge in [-0.25, -0.2) is 8.78 Å². The monoisotopic (exact) mass is 510 g/mol. The van der Waals surface area contributed by atoms with Gasteiger partial charge in [-0.2, -0.15) is 0 Å². The van der Waals surface area contributed by atoms with E-state index in [0.29, 0.717) is 11.1 Å². The van der Waals surface area contributed by atoms with Crippen molar-refractivity contribution in [3.63, 3.8) is 0 Å². The lowest BCUT2D eigenvalue weighted by molar-refractivity contribution is 0.495. The van der Waals surface area contributed by atoms with Gasteiger partial charge in [0.1, 0.15) is 11.6 Å². The number of rotatable bonds is 0. The smallest absolute Gasteiger partial charge is 0.130 e. The highest BCUT2D eigenvalue weighted by atomic mass is 19.1. The van der Waals surface area contributed by atoms with Crippen molar-refractivity contribution >= 4 is 0 Å². The molecule has 0 unspecified atom stereocenters. The molecule has 0 spiro atoms. The summed E-state index contributed by atoms with van der Waals surface area (Å²) in [7, 11) is 0. The van der Waals surface area contributed by atoms with Crippen LogP contribution in [0.3, 0.4) is 0 Å². The molecule has 4 heteroatoms. The molecule has 4 aromatic rings. The Bertz CT molecular complexity index is 1440. The minimum absolute atomic E-state index is 0.404. The van der Waals surface area contributed by atoms with Crippen LogP contribution in [0.5, 0.6) is 0 Å². The lowest BCUT2D eigenvalue weighted by Gasteiger charge is -2.34. The molecular weight excluding hydrogens is 474 g/mol. The van der Waals surface area contributed by atoms with Crippen LogP contribution in [0, 0.1) is 11.6 Å². The van der Waals surface area contributed by atoms with Crippen molar-refractivity contribution in [1.82, 2.24) is 9.97 Å². The van der Waals surface area contributed by atoms with Gasteiger partial charge in [0.25, 0.3) is 0 Å². The average molecular weight is 511 g/mol. The fourth-order valence-corrected chi connectivity index (χ4v) is 5.64. The Morgan fingerprint density at radius 3 is 1.37 bits per heavy atom. The van der Waals surface area contributed by atoms with E-state index in [2.05, 4.69) is 52.0 Å². The molecule has 0 saturated carbocycles. The van der Waals surface area contributed by atoms with E-state index in [1.165, 1.54) is 0 Å². The second-order valence-corrected chi connectivity index (χ2v) is 12.7. The summed E-state index contributed by atoms with van der Waals surface area (Å²) in [6, 6.07) is 23.1. The highest BCUT2D eigenvalue weighted by molar-refractivity contribution is 5.48. The van der Waals surface area contributed by atoms with E-state index >= 15 is 8.78 Å². The Morgan fingerprint density at radius 2 is 0.842 bits per heavy atom. The van der Waals surface area contributed by atoms with Gasteiger partial charge in [-0.3, -0.25) is 9.97 Å². The molecule has 1 aliphatic rings. The van der Waals surface area contributed by atoms with Crippen LogP contribution in [0.1, 0.15) is 100 Å². The Hall–Kier alpha value is -3.40. The molecule has 0 saturated heterocycles. The molecule has 2 nitrogen and oxygen atoms in total. The Kier molecular flexibility index (Phi) is 5.90. The van der Waals surface area contributed by atoms with Crippen molar-refractivity contribution in [3.05, 3.63) is 129 Å². The zero-order valence-corrected chi connectivity index (χ0v) is 23.6. The van der Waals surface area contributed by atoms with Crippen molar-refractivity contribution in [2.45, 2.75) is 77.0 Å². The van der Waals surface area contributed by atoms with E-state index in [1.54, 1.807) is 6.07 Å². The summed E-state index contributed by atoms with van der Waals surface area (Å²) in [6.45, 7) is 16.5. The van der Waals surface area contributed by atoms with Gasteiger partial charge in [0.15, 0.2) is 0 Å². The van der Waals surface area contributed by atoms with Crippen LogP contribution in [0.4, 0.5) is 8.78 Å². The van der Waals surface area contributed by atoms with Gasteiger partial charge in [0, 0.05) is 27.7 Å². The maximum Gasteiger partial charge on any atom is 0.130 e. The van der Waals surface area contributed by atoms with Crippen LogP contribution in [-0.2, 0) is 21.7 Å². The Balaban J connectivity index is 1.88. The van der Waals surface area contributed by atoms with Crippen molar-refractivity contribution in [1.29, 1.82) is 0 Å². The molecule has 3 heterocycles. The van der Waals surface area contributed by atoms with Crippen molar-refractivity contribution < 1.29 is 8.78 Å². The number of nitrogens with zero attached hydrogens (tertiary/aromatic N) is 2. The molecule has 0 amide bonds. The second kappa shape index (κ2) is 8.56. The lowest BCUT2D eigenvalue weighted by Crippen LogP contribution is -2.30. The fraction of sp³-hybridized carbons (Fsp3) is 0.353. The van der Waals surface area contributed by atoms with E-state index in [1.807, 2.05) is 64.1 Å².